The Morgan fingerprint density at radius 2 is 2.26 bits per heavy atom. The van der Waals surface area contributed by atoms with Gasteiger partial charge in [0.05, 0.1) is 11.6 Å². The van der Waals surface area contributed by atoms with Crippen LogP contribution in [0.5, 0.6) is 5.75 Å². The number of guanidine groups is 1. The lowest BCUT2D eigenvalue weighted by molar-refractivity contribution is -0.130. The number of rotatable bonds is 7. The molecule has 2 amide bonds. The van der Waals surface area contributed by atoms with Crippen molar-refractivity contribution < 1.29 is 14.3 Å². The van der Waals surface area contributed by atoms with Crippen molar-refractivity contribution in [2.45, 2.75) is 13.3 Å². The molecule has 3 rings (SSSR count). The first-order valence-corrected chi connectivity index (χ1v) is 8.69. The highest BCUT2D eigenvalue weighted by atomic mass is 35.5. The average Bonchev–Trinajstić information content (AvgIpc) is 2.91. The van der Waals surface area contributed by atoms with E-state index in [4.69, 9.17) is 22.1 Å². The first kappa shape index (κ1) is 18.9. The molecule has 2 heterocycles. The second-order valence-electron chi connectivity index (χ2n) is 5.89. The molecule has 9 nitrogen and oxygen atoms in total. The summed E-state index contributed by atoms with van der Waals surface area (Å²) in [5, 5.41) is 8.66. The Morgan fingerprint density at radius 1 is 1.44 bits per heavy atom. The molecule has 1 aromatic rings. The van der Waals surface area contributed by atoms with Crippen LogP contribution in [-0.2, 0) is 9.59 Å². The van der Waals surface area contributed by atoms with Gasteiger partial charge >= 0.3 is 17.6 Å². The molecule has 0 bridgehead atoms. The maximum atomic E-state index is 12.5. The number of hydrazone groups is 1. The molecule has 1 radical (unpaired) electrons. The predicted molar refractivity (Wildman–Crippen MR) is 101 cm³/mol. The summed E-state index contributed by atoms with van der Waals surface area (Å²) in [6.45, 7) is 2.38. The van der Waals surface area contributed by atoms with Crippen LogP contribution in [0.15, 0.2) is 45.8 Å². The van der Waals surface area contributed by atoms with E-state index in [0.29, 0.717) is 36.0 Å². The fourth-order valence-corrected chi connectivity index (χ4v) is 2.75. The summed E-state index contributed by atoms with van der Waals surface area (Å²) in [7, 11) is 0. The summed E-state index contributed by atoms with van der Waals surface area (Å²) < 4.78 is 5.55. The zero-order valence-electron chi connectivity index (χ0n) is 14.7. The van der Waals surface area contributed by atoms with Crippen molar-refractivity contribution in [3.8, 4) is 5.75 Å². The number of amides is 2. The number of nitrogens with zero attached hydrogens (tertiary/aromatic N) is 4. The van der Waals surface area contributed by atoms with E-state index in [-0.39, 0.29) is 30.0 Å². The number of aliphatic imine (C=N–C) groups is 1. The van der Waals surface area contributed by atoms with Crippen molar-refractivity contribution in [2.75, 3.05) is 19.7 Å². The van der Waals surface area contributed by atoms with Gasteiger partial charge in [-0.15, -0.1) is 0 Å². The van der Waals surface area contributed by atoms with Gasteiger partial charge in [0.1, 0.15) is 18.0 Å². The lowest BCUT2D eigenvalue weighted by atomic mass is 10.3. The number of carbonyl (C=O) groups excluding carboxylic acids is 2. The van der Waals surface area contributed by atoms with Crippen LogP contribution in [0.4, 0.5) is 0 Å². The van der Waals surface area contributed by atoms with Gasteiger partial charge in [0, 0.05) is 11.6 Å². The third-order valence-corrected chi connectivity index (χ3v) is 4.08. The fraction of sp³-hybridized carbons (Fsp3) is 0.294. The van der Waals surface area contributed by atoms with E-state index in [1.54, 1.807) is 25.1 Å². The van der Waals surface area contributed by atoms with Crippen LogP contribution in [0.2, 0.25) is 5.02 Å². The Labute approximate surface area is 161 Å². The second kappa shape index (κ2) is 8.19. The number of allylic oxidation sites excluding steroid dienone is 1. The summed E-state index contributed by atoms with van der Waals surface area (Å²) in [4.78, 5) is 29.8. The minimum absolute atomic E-state index is 0.135. The van der Waals surface area contributed by atoms with Crippen LogP contribution in [-0.4, -0.2) is 48.7 Å². The molecule has 141 valence electrons. The molecular formula is C17H19ClN6O3+. The lowest BCUT2D eigenvalue weighted by Crippen LogP contribution is -2.49. The van der Waals surface area contributed by atoms with Gasteiger partial charge in [0.2, 0.25) is 5.91 Å². The largest absolute Gasteiger partial charge is 0.493 e. The van der Waals surface area contributed by atoms with Gasteiger partial charge in [0.15, 0.2) is 6.34 Å². The topological polar surface area (TPSA) is 115 Å². The molecule has 27 heavy (non-hydrogen) atoms. The van der Waals surface area contributed by atoms with Gasteiger partial charge < -0.3 is 15.8 Å². The highest BCUT2D eigenvalue weighted by molar-refractivity contribution is 6.30. The highest BCUT2D eigenvalue weighted by Gasteiger charge is 2.46. The summed E-state index contributed by atoms with van der Waals surface area (Å²) >= 11 is 5.88. The molecule has 0 spiro atoms. The minimum atomic E-state index is -0.369. The standard InChI is InChI=1S/C17H19ClN6O3/c1-11-15-16(26)23(10-21-24(15)17(19)22-11)9-14(25)20-6-3-7-27-13-5-2-4-12(18)8-13/h2,4-5,8,10H,3,6-7,9H2,1H3,(H2,19,22)(H,20,25)/q+1. The number of benzene rings is 1. The molecule has 2 aliphatic rings. The summed E-state index contributed by atoms with van der Waals surface area (Å²) in [5.41, 5.74) is 6.42. The maximum Gasteiger partial charge on any atom is 0.387 e. The van der Waals surface area contributed by atoms with Crippen LogP contribution in [0.1, 0.15) is 13.3 Å². The van der Waals surface area contributed by atoms with E-state index in [9.17, 15) is 9.59 Å². The molecular weight excluding hydrogens is 372 g/mol. The fourth-order valence-electron chi connectivity index (χ4n) is 2.57. The number of hydrogen-bond acceptors (Lipinski definition) is 7. The Bertz CT molecular complexity index is 851. The number of halogens is 1. The highest BCUT2D eigenvalue weighted by Crippen LogP contribution is 2.21. The molecule has 10 heteroatoms. The van der Waals surface area contributed by atoms with Crippen molar-refractivity contribution in [1.82, 2.24) is 15.2 Å². The SMILES string of the molecule is CC1=C2C(=O)N(CC(=O)NCCCOc3cccc(Cl)c3)C=N[N+]2C(N)=N1. The number of fused-ring (bicyclic) bond motifs is 1. The van der Waals surface area contributed by atoms with Gasteiger partial charge in [-0.05, 0) is 36.6 Å². The predicted octanol–water partition coefficient (Wildman–Crippen LogP) is 0.710. The van der Waals surface area contributed by atoms with Gasteiger partial charge in [-0.1, -0.05) is 17.7 Å². The third kappa shape index (κ3) is 4.44. The van der Waals surface area contributed by atoms with Crippen LogP contribution < -0.4 is 20.8 Å². The zero-order valence-corrected chi connectivity index (χ0v) is 15.4. The summed E-state index contributed by atoms with van der Waals surface area (Å²) in [6, 6.07) is 7.10. The van der Waals surface area contributed by atoms with Crippen LogP contribution in [0.3, 0.4) is 0 Å². The van der Waals surface area contributed by atoms with Gasteiger partial charge in [-0.3, -0.25) is 14.5 Å². The average molecular weight is 391 g/mol. The van der Waals surface area contributed by atoms with Crippen LogP contribution >= 0.6 is 11.6 Å². The van der Waals surface area contributed by atoms with E-state index < -0.39 is 0 Å². The lowest BCUT2D eigenvalue weighted by Gasteiger charge is -2.19. The molecule has 0 saturated carbocycles. The smallest absolute Gasteiger partial charge is 0.387 e. The summed E-state index contributed by atoms with van der Waals surface area (Å²) in [6.07, 6.45) is 1.89. The normalized spacial score (nSPS) is 16.4. The Morgan fingerprint density at radius 3 is 3.04 bits per heavy atom. The van der Waals surface area contributed by atoms with Crippen molar-refractivity contribution in [3.05, 3.63) is 40.7 Å². The number of hydrogen-bond donors (Lipinski definition) is 2. The number of nitrogens with two attached hydrogens (primary N) is 1. The van der Waals surface area contributed by atoms with Crippen molar-refractivity contribution in [1.29, 1.82) is 0 Å². The maximum absolute atomic E-state index is 12.5. The minimum Gasteiger partial charge on any atom is -0.493 e. The second-order valence-corrected chi connectivity index (χ2v) is 6.33. The molecule has 0 fully saturated rings. The summed E-state index contributed by atoms with van der Waals surface area (Å²) in [5.74, 6) is 0.147. The Balaban J connectivity index is 1.41. The van der Waals surface area contributed by atoms with Gasteiger partial charge in [0.25, 0.3) is 0 Å². The molecule has 0 atom stereocenters. The first-order valence-electron chi connectivity index (χ1n) is 8.31. The van der Waals surface area contributed by atoms with E-state index in [2.05, 4.69) is 15.4 Å². The molecule has 0 unspecified atom stereocenters. The molecule has 2 aliphatic heterocycles. The third-order valence-electron chi connectivity index (χ3n) is 3.85. The van der Waals surface area contributed by atoms with Crippen molar-refractivity contribution in [2.24, 2.45) is 15.8 Å². The monoisotopic (exact) mass is 390 g/mol. The van der Waals surface area contributed by atoms with Gasteiger partial charge in [-0.25, -0.2) is 0 Å². The molecule has 0 aromatic heterocycles. The molecule has 0 saturated heterocycles. The van der Waals surface area contributed by atoms with E-state index in [1.807, 2.05) is 6.07 Å². The van der Waals surface area contributed by atoms with E-state index >= 15 is 0 Å². The zero-order chi connectivity index (χ0) is 19.4. The van der Waals surface area contributed by atoms with E-state index in [0.717, 1.165) is 0 Å². The molecule has 0 aliphatic carbocycles. The Hall–Kier alpha value is -2.91. The quantitative estimate of drug-likeness (QED) is 0.527. The molecule has 1 aromatic carbocycles. The number of ether oxygens (including phenoxy) is 1. The van der Waals surface area contributed by atoms with Crippen molar-refractivity contribution in [3.63, 3.8) is 0 Å². The van der Waals surface area contributed by atoms with Gasteiger partial charge in [-0.2, -0.15) is 4.99 Å². The number of carbonyl (C=O) groups is 2. The Kier molecular flexibility index (Phi) is 5.72. The van der Waals surface area contributed by atoms with Crippen LogP contribution in [0.25, 0.3) is 0 Å². The molecule has 3 N–H and O–H groups in total. The van der Waals surface area contributed by atoms with Crippen LogP contribution in [0, 0.1) is 0 Å². The van der Waals surface area contributed by atoms with Crippen molar-refractivity contribution >= 4 is 35.7 Å². The number of nitrogens with one attached hydrogen (secondary N) is 1. The first-order chi connectivity index (χ1) is 13.0. The van der Waals surface area contributed by atoms with E-state index in [1.165, 1.54) is 16.2 Å².